The third-order valence-electron chi connectivity index (χ3n) is 3.93. The number of hydrogen-bond donors (Lipinski definition) is 0. The number of aromatic nitrogens is 1. The van der Waals surface area contributed by atoms with Crippen molar-refractivity contribution < 1.29 is 14.3 Å². The molecule has 6 nitrogen and oxygen atoms in total. The second kappa shape index (κ2) is 6.86. The molecule has 1 aromatic rings. The fourth-order valence-electron chi connectivity index (χ4n) is 2.90. The molecule has 0 atom stereocenters. The van der Waals surface area contributed by atoms with Crippen LogP contribution in [-0.4, -0.2) is 47.6 Å². The predicted octanol–water partition coefficient (Wildman–Crippen LogP) is 2.54. The van der Waals surface area contributed by atoms with E-state index in [-0.39, 0.29) is 12.0 Å². The van der Waals surface area contributed by atoms with Crippen molar-refractivity contribution in [1.29, 1.82) is 0 Å². The zero-order chi connectivity index (χ0) is 17.2. The van der Waals surface area contributed by atoms with E-state index in [0.717, 1.165) is 34.5 Å². The smallest absolute Gasteiger partial charge is 0.410 e. The van der Waals surface area contributed by atoms with Gasteiger partial charge in [0, 0.05) is 38.8 Å². The summed E-state index contributed by atoms with van der Waals surface area (Å²) in [7, 11) is 3.68. The van der Waals surface area contributed by atoms with E-state index in [2.05, 4.69) is 4.99 Å². The molecule has 1 amide bonds. The zero-order valence-corrected chi connectivity index (χ0v) is 15.3. The monoisotopic (exact) mass is 339 g/mol. The lowest BCUT2D eigenvalue weighted by Crippen LogP contribution is -2.41. The summed E-state index contributed by atoms with van der Waals surface area (Å²) >= 11 is 1.42. The minimum atomic E-state index is -0.476. The maximum absolute atomic E-state index is 12.1. The molecule has 23 heavy (non-hydrogen) atoms. The molecule has 7 heteroatoms. The largest absolute Gasteiger partial charge is 0.444 e. The normalized spacial score (nSPS) is 17.4. The van der Waals surface area contributed by atoms with Crippen LogP contribution >= 0.6 is 11.3 Å². The zero-order valence-electron chi connectivity index (χ0n) is 14.5. The molecule has 0 N–H and O–H groups in total. The highest BCUT2D eigenvalue weighted by atomic mass is 32.1. The number of rotatable bonds is 2. The molecule has 0 spiro atoms. The van der Waals surface area contributed by atoms with Gasteiger partial charge in [-0.25, -0.2) is 4.79 Å². The average molecular weight is 339 g/mol. The number of carbonyl (C=O) groups is 2. The molecule has 128 valence electrons. The first-order valence-electron chi connectivity index (χ1n) is 7.82. The number of thiazole rings is 1. The molecule has 0 radical (unpaired) electrons. The highest BCUT2D eigenvalue weighted by molar-refractivity contribution is 7.11. The van der Waals surface area contributed by atoms with Crippen LogP contribution in [0.3, 0.4) is 0 Å². The van der Waals surface area contributed by atoms with E-state index in [0.29, 0.717) is 13.1 Å². The summed E-state index contributed by atoms with van der Waals surface area (Å²) in [6.45, 7) is 6.90. The number of carbonyl (C=O) groups excluding carboxylic acids is 2. The van der Waals surface area contributed by atoms with Crippen molar-refractivity contribution in [3.63, 3.8) is 0 Å². The molecule has 1 saturated heterocycles. The topological polar surface area (TPSA) is 63.9 Å². The molecular weight excluding hydrogens is 314 g/mol. The van der Waals surface area contributed by atoms with E-state index in [1.165, 1.54) is 11.3 Å². The van der Waals surface area contributed by atoms with Gasteiger partial charge in [-0.05, 0) is 33.6 Å². The van der Waals surface area contributed by atoms with Crippen LogP contribution in [-0.2, 0) is 11.8 Å². The predicted molar refractivity (Wildman–Crippen MR) is 89.9 cm³/mol. The van der Waals surface area contributed by atoms with Gasteiger partial charge >= 0.3 is 6.09 Å². The summed E-state index contributed by atoms with van der Waals surface area (Å²) in [6, 6.07) is 0. The van der Waals surface area contributed by atoms with Crippen molar-refractivity contribution in [3.05, 3.63) is 15.4 Å². The lowest BCUT2D eigenvalue weighted by molar-refractivity contribution is 0.0203. The van der Waals surface area contributed by atoms with Crippen LogP contribution < -0.4 is 4.80 Å². The first kappa shape index (κ1) is 17.7. The summed E-state index contributed by atoms with van der Waals surface area (Å²) in [4.78, 5) is 31.0. The lowest BCUT2D eigenvalue weighted by Gasteiger charge is -2.33. The van der Waals surface area contributed by atoms with Gasteiger partial charge in [0.15, 0.2) is 11.1 Å². The van der Waals surface area contributed by atoms with Gasteiger partial charge < -0.3 is 14.2 Å². The van der Waals surface area contributed by atoms with Crippen LogP contribution in [0.1, 0.15) is 54.9 Å². The Labute approximate surface area is 140 Å². The van der Waals surface area contributed by atoms with Gasteiger partial charge in [-0.15, -0.1) is 0 Å². The van der Waals surface area contributed by atoms with Crippen LogP contribution in [0.25, 0.3) is 0 Å². The first-order valence-corrected chi connectivity index (χ1v) is 8.64. The van der Waals surface area contributed by atoms with E-state index in [1.807, 2.05) is 32.4 Å². The van der Waals surface area contributed by atoms with Crippen molar-refractivity contribution in [2.24, 2.45) is 12.0 Å². The molecule has 0 aliphatic carbocycles. The van der Waals surface area contributed by atoms with Crippen molar-refractivity contribution in [2.75, 3.05) is 20.1 Å². The van der Waals surface area contributed by atoms with E-state index >= 15 is 0 Å². The number of nitrogens with zero attached hydrogens (tertiary/aromatic N) is 3. The van der Waals surface area contributed by atoms with Crippen LogP contribution in [0.5, 0.6) is 0 Å². The Bertz CT molecular complexity index is 647. The molecule has 1 fully saturated rings. The van der Waals surface area contributed by atoms with Crippen LogP contribution in [0.15, 0.2) is 4.99 Å². The summed E-state index contributed by atoms with van der Waals surface area (Å²) in [5.41, 5.74) is 0.560. The molecule has 0 aromatic carbocycles. The second-order valence-corrected chi connectivity index (χ2v) is 7.79. The Morgan fingerprint density at radius 3 is 2.43 bits per heavy atom. The van der Waals surface area contributed by atoms with E-state index in [9.17, 15) is 9.59 Å². The summed E-state index contributed by atoms with van der Waals surface area (Å²) in [5.74, 6) is 0.269. The van der Waals surface area contributed by atoms with Crippen LogP contribution in [0, 0.1) is 0 Å². The Balaban J connectivity index is 2.10. The van der Waals surface area contributed by atoms with Gasteiger partial charge in [-0.1, -0.05) is 11.3 Å². The minimum absolute atomic E-state index is 0.259. The highest BCUT2D eigenvalue weighted by Crippen LogP contribution is 2.31. The Kier molecular flexibility index (Phi) is 5.29. The Hall–Kier alpha value is -1.63. The average Bonchev–Trinajstić information content (AvgIpc) is 2.81. The SMILES string of the molecule is CN=c1sc(C=O)c(C2CCN(C(=O)OC(C)(C)C)CC2)n1C. The molecule has 2 rings (SSSR count). The minimum Gasteiger partial charge on any atom is -0.444 e. The van der Waals surface area contributed by atoms with E-state index < -0.39 is 5.60 Å². The maximum Gasteiger partial charge on any atom is 0.410 e. The number of ether oxygens (including phenoxy) is 1. The number of piperidine rings is 1. The first-order chi connectivity index (χ1) is 10.8. The summed E-state index contributed by atoms with van der Waals surface area (Å²) in [5, 5.41) is 0. The fraction of sp³-hybridized carbons (Fsp3) is 0.688. The van der Waals surface area contributed by atoms with Crippen LogP contribution in [0.2, 0.25) is 0 Å². The Morgan fingerprint density at radius 1 is 1.35 bits per heavy atom. The third kappa shape index (κ3) is 4.02. The fourth-order valence-corrected chi connectivity index (χ4v) is 3.88. The number of hydrogen-bond acceptors (Lipinski definition) is 5. The van der Waals surface area contributed by atoms with Crippen molar-refractivity contribution >= 4 is 23.7 Å². The van der Waals surface area contributed by atoms with Crippen molar-refractivity contribution in [2.45, 2.75) is 45.1 Å². The summed E-state index contributed by atoms with van der Waals surface area (Å²) < 4.78 is 7.42. The van der Waals surface area contributed by atoms with Crippen molar-refractivity contribution in [3.8, 4) is 0 Å². The molecule has 1 aromatic heterocycles. The molecule has 0 saturated carbocycles. The number of aldehydes is 1. The molecule has 1 aliphatic heterocycles. The quantitative estimate of drug-likeness (QED) is 0.778. The second-order valence-electron chi connectivity index (χ2n) is 6.78. The van der Waals surface area contributed by atoms with Gasteiger partial charge in [-0.3, -0.25) is 9.79 Å². The third-order valence-corrected chi connectivity index (χ3v) is 5.10. The molecular formula is C16H25N3O3S. The highest BCUT2D eigenvalue weighted by Gasteiger charge is 2.30. The van der Waals surface area contributed by atoms with Crippen LogP contribution in [0.4, 0.5) is 4.79 Å². The molecule has 2 heterocycles. The number of amides is 1. The standard InChI is InChI=1S/C16H25N3O3S/c1-16(2,3)22-15(21)19-8-6-11(7-9-19)13-12(10-20)23-14(17-4)18(13)5/h10-11H,6-9H2,1-5H3. The van der Waals surface area contributed by atoms with Gasteiger partial charge in [0.25, 0.3) is 0 Å². The van der Waals surface area contributed by atoms with Gasteiger partial charge in [0.2, 0.25) is 0 Å². The van der Waals surface area contributed by atoms with Gasteiger partial charge in [0.05, 0.1) is 4.88 Å². The lowest BCUT2D eigenvalue weighted by atomic mass is 9.93. The van der Waals surface area contributed by atoms with E-state index in [1.54, 1.807) is 11.9 Å². The van der Waals surface area contributed by atoms with Gasteiger partial charge in [0.1, 0.15) is 5.60 Å². The summed E-state index contributed by atoms with van der Waals surface area (Å²) in [6.07, 6.45) is 2.31. The van der Waals surface area contributed by atoms with E-state index in [4.69, 9.17) is 4.74 Å². The Morgan fingerprint density at radius 2 is 1.96 bits per heavy atom. The van der Waals surface area contributed by atoms with Gasteiger partial charge in [-0.2, -0.15) is 0 Å². The van der Waals surface area contributed by atoms with Crippen molar-refractivity contribution in [1.82, 2.24) is 9.47 Å². The molecule has 1 aliphatic rings. The number of likely N-dealkylation sites (tertiary alicyclic amines) is 1. The molecule has 0 unspecified atom stereocenters. The molecule has 0 bridgehead atoms. The maximum atomic E-state index is 12.1.